The van der Waals surface area contributed by atoms with Gasteiger partial charge in [-0.25, -0.2) is 4.98 Å². The molecule has 22 heavy (non-hydrogen) atoms. The lowest BCUT2D eigenvalue weighted by Crippen LogP contribution is -2.49. The first-order valence-electron chi connectivity index (χ1n) is 7.17. The van der Waals surface area contributed by atoms with E-state index in [9.17, 15) is 4.79 Å². The maximum Gasteiger partial charge on any atom is 0.245 e. The van der Waals surface area contributed by atoms with Gasteiger partial charge in [0.05, 0.1) is 19.6 Å². The lowest BCUT2D eigenvalue weighted by atomic mass is 10.4. The number of aryl methyl sites for hydroxylation is 1. The topological polar surface area (TPSA) is 78.5 Å². The predicted octanol–water partition coefficient (Wildman–Crippen LogP) is -0.178. The number of ether oxygens (including phenoxy) is 1. The Hall–Kier alpha value is -1.29. The van der Waals surface area contributed by atoms with Crippen molar-refractivity contribution in [2.45, 2.75) is 13.3 Å². The van der Waals surface area contributed by atoms with Crippen molar-refractivity contribution < 1.29 is 9.53 Å². The van der Waals surface area contributed by atoms with E-state index in [1.807, 2.05) is 12.3 Å². The van der Waals surface area contributed by atoms with Crippen molar-refractivity contribution in [3.8, 4) is 0 Å². The molecule has 0 spiro atoms. The summed E-state index contributed by atoms with van der Waals surface area (Å²) < 4.78 is 5.29. The van der Waals surface area contributed by atoms with Gasteiger partial charge >= 0.3 is 0 Å². The predicted molar refractivity (Wildman–Crippen MR) is 89.7 cm³/mol. The van der Waals surface area contributed by atoms with Crippen LogP contribution < -0.4 is 16.2 Å². The fraction of sp³-hybridized carbons (Fsp3) is 0.615. The molecule has 2 heterocycles. The van der Waals surface area contributed by atoms with Gasteiger partial charge < -0.3 is 10.1 Å². The Morgan fingerprint density at radius 2 is 2.23 bits per heavy atom. The van der Waals surface area contributed by atoms with Crippen molar-refractivity contribution in [1.29, 1.82) is 0 Å². The van der Waals surface area contributed by atoms with Gasteiger partial charge in [0.1, 0.15) is 5.01 Å². The molecule has 0 radical (unpaired) electrons. The number of morpholine rings is 1. The minimum atomic E-state index is -0.160. The van der Waals surface area contributed by atoms with Crippen LogP contribution in [0.3, 0.4) is 0 Å². The fourth-order valence-electron chi connectivity index (χ4n) is 1.99. The van der Waals surface area contributed by atoms with E-state index in [1.165, 1.54) is 11.3 Å². The summed E-state index contributed by atoms with van der Waals surface area (Å²) in [5, 5.41) is 6.20. The van der Waals surface area contributed by atoms with Gasteiger partial charge in [0, 0.05) is 37.3 Å². The molecule has 0 aliphatic carbocycles. The molecular weight excluding hydrogens is 322 g/mol. The van der Waals surface area contributed by atoms with Crippen molar-refractivity contribution in [2.24, 2.45) is 0 Å². The van der Waals surface area contributed by atoms with Crippen molar-refractivity contribution in [3.63, 3.8) is 0 Å². The molecule has 1 aliphatic rings. The van der Waals surface area contributed by atoms with Gasteiger partial charge in [0.2, 0.25) is 5.91 Å². The van der Waals surface area contributed by atoms with Crippen LogP contribution in [0.1, 0.15) is 10.7 Å². The minimum Gasteiger partial charge on any atom is -0.379 e. The normalized spacial score (nSPS) is 15.3. The summed E-state index contributed by atoms with van der Waals surface area (Å²) in [4.78, 5) is 18.3. The molecule has 1 amide bonds. The molecule has 122 valence electrons. The van der Waals surface area contributed by atoms with Gasteiger partial charge in [-0.1, -0.05) is 0 Å². The summed E-state index contributed by atoms with van der Waals surface area (Å²) in [5.74, 6) is -0.160. The van der Waals surface area contributed by atoms with E-state index in [0.717, 1.165) is 50.1 Å². The Labute approximate surface area is 139 Å². The molecule has 0 aromatic carbocycles. The van der Waals surface area contributed by atoms with Crippen LogP contribution in [-0.4, -0.2) is 60.3 Å². The van der Waals surface area contributed by atoms with Crippen molar-refractivity contribution >= 4 is 34.6 Å². The molecule has 3 N–H and O–H groups in total. The maximum atomic E-state index is 11.7. The van der Waals surface area contributed by atoms with Gasteiger partial charge in [0.15, 0.2) is 5.11 Å². The third-order valence-corrected chi connectivity index (χ3v) is 4.32. The van der Waals surface area contributed by atoms with Crippen LogP contribution in [0.25, 0.3) is 0 Å². The zero-order chi connectivity index (χ0) is 15.8. The minimum absolute atomic E-state index is 0.160. The largest absolute Gasteiger partial charge is 0.379 e. The second-order valence-corrected chi connectivity index (χ2v) is 6.29. The Morgan fingerprint density at radius 1 is 1.45 bits per heavy atom. The Balaban J connectivity index is 1.55. The molecule has 7 nitrogen and oxygen atoms in total. The molecule has 1 saturated heterocycles. The van der Waals surface area contributed by atoms with Crippen LogP contribution in [0.2, 0.25) is 0 Å². The summed E-state index contributed by atoms with van der Waals surface area (Å²) in [6.45, 7) is 7.01. The Morgan fingerprint density at radius 3 is 2.91 bits per heavy atom. The molecule has 1 aromatic rings. The summed E-state index contributed by atoms with van der Waals surface area (Å²) in [7, 11) is 0. The van der Waals surface area contributed by atoms with E-state index in [4.69, 9.17) is 17.0 Å². The second kappa shape index (κ2) is 8.99. The molecule has 2 rings (SSSR count). The number of amides is 1. The summed E-state index contributed by atoms with van der Waals surface area (Å²) in [6.07, 6.45) is 0.252. The number of nitrogens with zero attached hydrogens (tertiary/aromatic N) is 2. The number of nitrogens with one attached hydrogen (secondary N) is 3. The molecule has 0 atom stereocenters. The maximum absolute atomic E-state index is 11.7. The van der Waals surface area contributed by atoms with E-state index in [2.05, 4.69) is 26.1 Å². The van der Waals surface area contributed by atoms with Gasteiger partial charge in [-0.3, -0.25) is 20.5 Å². The highest BCUT2D eigenvalue weighted by Crippen LogP contribution is 2.08. The SMILES string of the molecule is Cc1csc(CC(=O)NNC(=S)NCCN2CCOCC2)n1. The number of aromatic nitrogens is 1. The van der Waals surface area contributed by atoms with E-state index < -0.39 is 0 Å². The molecule has 0 bridgehead atoms. The molecule has 1 fully saturated rings. The van der Waals surface area contributed by atoms with Crippen LogP contribution in [0.4, 0.5) is 0 Å². The highest BCUT2D eigenvalue weighted by molar-refractivity contribution is 7.80. The van der Waals surface area contributed by atoms with Gasteiger partial charge in [0.25, 0.3) is 0 Å². The number of carbonyl (C=O) groups excluding carboxylic acids is 1. The summed E-state index contributed by atoms with van der Waals surface area (Å²) in [5.41, 5.74) is 6.20. The van der Waals surface area contributed by atoms with Crippen molar-refractivity contribution in [2.75, 3.05) is 39.4 Å². The average Bonchev–Trinajstić information content (AvgIpc) is 2.91. The third kappa shape index (κ3) is 6.22. The molecule has 0 saturated carbocycles. The Bertz CT molecular complexity index is 502. The van der Waals surface area contributed by atoms with Gasteiger partial charge in [-0.2, -0.15) is 0 Å². The standard InChI is InChI=1S/C13H21N5O2S2/c1-10-9-22-12(15-10)8-11(19)16-17-13(21)14-2-3-18-4-6-20-7-5-18/h9H,2-8H2,1H3,(H,16,19)(H2,14,17,21). The first-order valence-corrected chi connectivity index (χ1v) is 8.46. The molecule has 1 aliphatic heterocycles. The van der Waals surface area contributed by atoms with Crippen LogP contribution in [0.5, 0.6) is 0 Å². The molecular formula is C13H21N5O2S2. The number of thiazole rings is 1. The van der Waals surface area contributed by atoms with E-state index in [0.29, 0.717) is 5.11 Å². The second-order valence-electron chi connectivity index (χ2n) is 4.94. The number of carbonyl (C=O) groups is 1. The average molecular weight is 343 g/mol. The molecule has 1 aromatic heterocycles. The molecule has 0 unspecified atom stereocenters. The van der Waals surface area contributed by atoms with Gasteiger partial charge in [-0.05, 0) is 19.1 Å². The zero-order valence-electron chi connectivity index (χ0n) is 12.6. The molecule has 9 heteroatoms. The van der Waals surface area contributed by atoms with Crippen LogP contribution >= 0.6 is 23.6 Å². The van der Waals surface area contributed by atoms with Crippen molar-refractivity contribution in [3.05, 3.63) is 16.1 Å². The van der Waals surface area contributed by atoms with Gasteiger partial charge in [-0.15, -0.1) is 11.3 Å². The van der Waals surface area contributed by atoms with Crippen LogP contribution in [0.15, 0.2) is 5.38 Å². The van der Waals surface area contributed by atoms with E-state index in [-0.39, 0.29) is 12.3 Å². The van der Waals surface area contributed by atoms with E-state index in [1.54, 1.807) is 0 Å². The number of hydrazine groups is 1. The quantitative estimate of drug-likeness (QED) is 0.506. The highest BCUT2D eigenvalue weighted by Gasteiger charge is 2.10. The van der Waals surface area contributed by atoms with Crippen LogP contribution in [0, 0.1) is 6.92 Å². The lowest BCUT2D eigenvalue weighted by Gasteiger charge is -2.26. The van der Waals surface area contributed by atoms with Crippen LogP contribution in [-0.2, 0) is 16.0 Å². The number of rotatable bonds is 5. The monoisotopic (exact) mass is 343 g/mol. The number of hydrogen-bond donors (Lipinski definition) is 3. The zero-order valence-corrected chi connectivity index (χ0v) is 14.2. The van der Waals surface area contributed by atoms with E-state index >= 15 is 0 Å². The van der Waals surface area contributed by atoms with Crippen molar-refractivity contribution in [1.82, 2.24) is 26.1 Å². The first kappa shape index (κ1) is 17.1. The third-order valence-electron chi connectivity index (χ3n) is 3.11. The first-order chi connectivity index (χ1) is 10.6. The number of hydrogen-bond acceptors (Lipinski definition) is 6. The lowest BCUT2D eigenvalue weighted by molar-refractivity contribution is -0.121. The fourth-order valence-corrected chi connectivity index (χ4v) is 2.91. The summed E-state index contributed by atoms with van der Waals surface area (Å²) in [6, 6.07) is 0. The number of thiocarbonyl (C=S) groups is 1. The Kier molecular flexibility index (Phi) is 6.97. The smallest absolute Gasteiger partial charge is 0.245 e. The highest BCUT2D eigenvalue weighted by atomic mass is 32.1. The summed E-state index contributed by atoms with van der Waals surface area (Å²) >= 11 is 6.59.